The van der Waals surface area contributed by atoms with Crippen molar-refractivity contribution in [3.8, 4) is 17.2 Å². The number of carboxylic acid groups (broad SMARTS) is 2. The summed E-state index contributed by atoms with van der Waals surface area (Å²) in [6, 6.07) is 9.77. The van der Waals surface area contributed by atoms with Crippen LogP contribution in [0.5, 0.6) is 17.2 Å². The average molecular weight is 389 g/mol. The summed E-state index contributed by atoms with van der Waals surface area (Å²) in [4.78, 5) is 32.7. The second-order valence-corrected chi connectivity index (χ2v) is 5.39. The number of nitro groups is 1. The maximum atomic E-state index is 11.4. The van der Waals surface area contributed by atoms with E-state index in [-0.39, 0.29) is 12.4 Å². The molecule has 0 amide bonds. The van der Waals surface area contributed by atoms with Gasteiger partial charge in [0.1, 0.15) is 12.2 Å². The molecule has 0 bridgehead atoms. The number of phenols is 1. The first kappa shape index (κ1) is 20.2. The van der Waals surface area contributed by atoms with Crippen LogP contribution in [0, 0.1) is 10.1 Å². The number of carboxylic acids is 2. The number of benzene rings is 2. The molecule has 0 fully saturated rings. The number of ether oxygens (including phenoxy) is 2. The second kappa shape index (κ2) is 8.54. The van der Waals surface area contributed by atoms with Gasteiger partial charge in [0.2, 0.25) is 11.5 Å². The fraction of sp³-hybridized carbons (Fsp3) is 0.111. The van der Waals surface area contributed by atoms with Crippen LogP contribution in [0.2, 0.25) is 0 Å². The molecule has 0 saturated heterocycles. The Hall–Kier alpha value is -4.08. The lowest BCUT2D eigenvalue weighted by molar-refractivity contribution is -0.386. The summed E-state index contributed by atoms with van der Waals surface area (Å²) in [7, 11) is 1.06. The first-order chi connectivity index (χ1) is 13.3. The number of phenolic OH excluding ortho intramolecular Hbond substituents is 1. The summed E-state index contributed by atoms with van der Waals surface area (Å²) in [5, 5.41) is 39.7. The lowest BCUT2D eigenvalue weighted by Crippen LogP contribution is -2.11. The molecule has 0 spiro atoms. The molecular weight excluding hydrogens is 374 g/mol. The Morgan fingerprint density at radius 3 is 2.29 bits per heavy atom. The number of aliphatic carboxylic acids is 2. The Balaban J connectivity index is 2.61. The van der Waals surface area contributed by atoms with Crippen molar-refractivity contribution in [3.63, 3.8) is 0 Å². The van der Waals surface area contributed by atoms with E-state index < -0.39 is 45.2 Å². The van der Waals surface area contributed by atoms with Crippen molar-refractivity contribution in [2.45, 2.75) is 6.61 Å². The van der Waals surface area contributed by atoms with E-state index in [0.29, 0.717) is 6.08 Å². The molecular formula is C18H15NO9. The van der Waals surface area contributed by atoms with Gasteiger partial charge in [-0.25, -0.2) is 9.59 Å². The molecule has 10 nitrogen and oxygen atoms in total. The summed E-state index contributed by atoms with van der Waals surface area (Å²) >= 11 is 0. The highest BCUT2D eigenvalue weighted by Gasteiger charge is 2.29. The minimum Gasteiger partial charge on any atom is -0.502 e. The van der Waals surface area contributed by atoms with E-state index in [1.165, 1.54) is 0 Å². The van der Waals surface area contributed by atoms with Crippen LogP contribution in [0.1, 0.15) is 11.1 Å². The number of nitro benzene ring substituents is 1. The van der Waals surface area contributed by atoms with E-state index in [2.05, 4.69) is 0 Å². The largest absolute Gasteiger partial charge is 0.502 e. The van der Waals surface area contributed by atoms with E-state index in [1.807, 2.05) is 0 Å². The van der Waals surface area contributed by atoms with E-state index in [9.17, 15) is 24.8 Å². The number of carbonyl (C=O) groups is 2. The molecule has 2 rings (SSSR count). The van der Waals surface area contributed by atoms with E-state index >= 15 is 0 Å². The Morgan fingerprint density at radius 1 is 1.18 bits per heavy atom. The van der Waals surface area contributed by atoms with E-state index in [0.717, 1.165) is 18.7 Å². The zero-order chi connectivity index (χ0) is 20.8. The molecule has 2 aromatic carbocycles. The molecule has 0 radical (unpaired) electrons. The average Bonchev–Trinajstić information content (AvgIpc) is 2.65. The Labute approximate surface area is 158 Å². The maximum absolute atomic E-state index is 11.4. The molecule has 0 aliphatic heterocycles. The minimum absolute atomic E-state index is 0.0107. The van der Waals surface area contributed by atoms with Crippen molar-refractivity contribution in [3.05, 3.63) is 63.2 Å². The molecule has 0 saturated carbocycles. The van der Waals surface area contributed by atoms with Crippen molar-refractivity contribution in [1.82, 2.24) is 0 Å². The van der Waals surface area contributed by atoms with Gasteiger partial charge in [-0.2, -0.15) is 0 Å². The highest BCUT2D eigenvalue weighted by molar-refractivity contribution is 6.16. The molecule has 28 heavy (non-hydrogen) atoms. The van der Waals surface area contributed by atoms with Crippen molar-refractivity contribution in [2.75, 3.05) is 7.11 Å². The van der Waals surface area contributed by atoms with Crippen LogP contribution in [-0.4, -0.2) is 39.3 Å². The number of hydrogen-bond acceptors (Lipinski definition) is 7. The molecule has 10 heteroatoms. The lowest BCUT2D eigenvalue weighted by atomic mass is 10.1. The SMILES string of the molecule is COc1c(O)c(OCc2ccccc2)cc(C=C(C(=O)O)C(=O)O)c1[N+](=O)[O-]. The molecule has 0 aromatic heterocycles. The Morgan fingerprint density at radius 2 is 1.79 bits per heavy atom. The number of hydrogen-bond donors (Lipinski definition) is 3. The smallest absolute Gasteiger partial charge is 0.343 e. The molecule has 0 heterocycles. The molecule has 2 aromatic rings. The van der Waals surface area contributed by atoms with Gasteiger partial charge in [0.05, 0.1) is 17.6 Å². The number of rotatable bonds is 8. The predicted molar refractivity (Wildman–Crippen MR) is 95.3 cm³/mol. The molecule has 0 aliphatic carbocycles. The van der Waals surface area contributed by atoms with E-state index in [1.54, 1.807) is 30.3 Å². The standard InChI is InChI=1S/C18H15NO9/c1-27-16-14(19(25)26)11(7-12(17(21)22)18(23)24)8-13(15(16)20)28-9-10-5-3-2-4-6-10/h2-8,20H,9H2,1H3,(H,21,22)(H,23,24). The summed E-state index contributed by atoms with van der Waals surface area (Å²) < 4.78 is 10.3. The third-order valence-electron chi connectivity index (χ3n) is 3.61. The molecule has 146 valence electrons. The summed E-state index contributed by atoms with van der Waals surface area (Å²) in [6.07, 6.45) is 0.597. The lowest BCUT2D eigenvalue weighted by Gasteiger charge is -2.13. The van der Waals surface area contributed by atoms with Gasteiger partial charge in [-0.05, 0) is 17.7 Å². The van der Waals surface area contributed by atoms with Crippen LogP contribution in [-0.2, 0) is 16.2 Å². The third kappa shape index (κ3) is 4.36. The maximum Gasteiger partial charge on any atom is 0.343 e. The summed E-state index contributed by atoms with van der Waals surface area (Å²) in [5.41, 5.74) is -1.59. The highest BCUT2D eigenvalue weighted by atomic mass is 16.6. The van der Waals surface area contributed by atoms with Crippen molar-refractivity contribution < 1.29 is 39.3 Å². The molecule has 0 unspecified atom stereocenters. The van der Waals surface area contributed by atoms with Crippen molar-refractivity contribution in [2.24, 2.45) is 0 Å². The Kier molecular flexibility index (Phi) is 6.17. The van der Waals surface area contributed by atoms with E-state index in [4.69, 9.17) is 19.7 Å². The highest BCUT2D eigenvalue weighted by Crippen LogP contribution is 2.46. The third-order valence-corrected chi connectivity index (χ3v) is 3.61. The zero-order valence-corrected chi connectivity index (χ0v) is 14.5. The number of methoxy groups -OCH3 is 1. The van der Waals surface area contributed by atoms with Crippen LogP contribution < -0.4 is 9.47 Å². The van der Waals surface area contributed by atoms with Gasteiger partial charge in [0, 0.05) is 0 Å². The van der Waals surface area contributed by atoms with Crippen LogP contribution in [0.4, 0.5) is 5.69 Å². The predicted octanol–water partition coefficient (Wildman–Crippen LogP) is 2.44. The first-order valence-electron chi connectivity index (χ1n) is 7.69. The second-order valence-electron chi connectivity index (χ2n) is 5.39. The van der Waals surface area contributed by atoms with Gasteiger partial charge < -0.3 is 24.8 Å². The fourth-order valence-electron chi connectivity index (χ4n) is 2.34. The quantitative estimate of drug-likeness (QED) is 0.203. The Bertz CT molecular complexity index is 935. The molecule has 0 aliphatic rings. The zero-order valence-electron chi connectivity index (χ0n) is 14.5. The van der Waals surface area contributed by atoms with Crippen molar-refractivity contribution in [1.29, 1.82) is 0 Å². The summed E-state index contributed by atoms with van der Waals surface area (Å²) in [5.74, 6) is -5.08. The van der Waals surface area contributed by atoms with Crippen LogP contribution in [0.15, 0.2) is 42.0 Å². The van der Waals surface area contributed by atoms with Gasteiger partial charge in [0.15, 0.2) is 5.75 Å². The van der Waals surface area contributed by atoms with Gasteiger partial charge in [-0.15, -0.1) is 0 Å². The topological polar surface area (TPSA) is 156 Å². The molecule has 0 atom stereocenters. The first-order valence-corrected chi connectivity index (χ1v) is 7.69. The fourth-order valence-corrected chi connectivity index (χ4v) is 2.34. The van der Waals surface area contributed by atoms with Crippen molar-refractivity contribution >= 4 is 23.7 Å². The van der Waals surface area contributed by atoms with Crippen LogP contribution in [0.3, 0.4) is 0 Å². The summed E-state index contributed by atoms with van der Waals surface area (Å²) in [6.45, 7) is -0.0107. The van der Waals surface area contributed by atoms with Gasteiger partial charge in [-0.1, -0.05) is 30.3 Å². The van der Waals surface area contributed by atoms with Gasteiger partial charge in [-0.3, -0.25) is 10.1 Å². The monoisotopic (exact) mass is 389 g/mol. The number of nitrogens with zero attached hydrogens (tertiary/aromatic N) is 1. The minimum atomic E-state index is -1.79. The number of aromatic hydroxyl groups is 1. The normalized spacial score (nSPS) is 10.0. The molecule has 3 N–H and O–H groups in total. The van der Waals surface area contributed by atoms with Crippen LogP contribution in [0.25, 0.3) is 6.08 Å². The van der Waals surface area contributed by atoms with Gasteiger partial charge in [0.25, 0.3) is 0 Å². The van der Waals surface area contributed by atoms with Gasteiger partial charge >= 0.3 is 17.6 Å². The van der Waals surface area contributed by atoms with Crippen LogP contribution >= 0.6 is 0 Å².